The summed E-state index contributed by atoms with van der Waals surface area (Å²) < 4.78 is 38.3. The van der Waals surface area contributed by atoms with Gasteiger partial charge in [0.2, 0.25) is 15.9 Å². The first-order valence-corrected chi connectivity index (χ1v) is 12.8. The second kappa shape index (κ2) is 11.7. The molecule has 1 aromatic carbocycles. The Labute approximate surface area is 201 Å². The molecular weight excluding hydrogens is 462 g/mol. The molecule has 0 saturated carbocycles. The number of piperidine rings is 1. The Bertz CT molecular complexity index is 996. The lowest BCUT2D eigenvalue weighted by molar-refractivity contribution is -0.150. The molecule has 0 radical (unpaired) electrons. The number of sulfonamides is 1. The van der Waals surface area contributed by atoms with Crippen molar-refractivity contribution in [2.75, 3.05) is 31.6 Å². The smallest absolute Gasteiger partial charge is 0.328 e. The molecule has 34 heavy (non-hydrogen) atoms. The molecule has 11 heteroatoms. The lowest BCUT2D eigenvalue weighted by atomic mass is 9.95. The molecule has 2 N–H and O–H groups in total. The van der Waals surface area contributed by atoms with Gasteiger partial charge in [0, 0.05) is 24.2 Å². The van der Waals surface area contributed by atoms with Gasteiger partial charge < -0.3 is 20.1 Å². The summed E-state index contributed by atoms with van der Waals surface area (Å²) in [4.78, 5) is 36.4. The van der Waals surface area contributed by atoms with Crippen molar-refractivity contribution in [2.45, 2.75) is 64.8 Å². The van der Waals surface area contributed by atoms with Crippen molar-refractivity contribution in [3.8, 4) is 5.75 Å². The van der Waals surface area contributed by atoms with E-state index in [1.807, 2.05) is 0 Å². The number of hydrogen-bond acceptors (Lipinski definition) is 7. The summed E-state index contributed by atoms with van der Waals surface area (Å²) >= 11 is 0. The van der Waals surface area contributed by atoms with Gasteiger partial charge in [0.05, 0.1) is 6.61 Å². The van der Waals surface area contributed by atoms with Crippen LogP contribution in [-0.4, -0.2) is 62.9 Å². The molecule has 1 saturated heterocycles. The Morgan fingerprint density at radius 1 is 1.12 bits per heavy atom. The molecule has 190 valence electrons. The monoisotopic (exact) mass is 497 g/mol. The first-order chi connectivity index (χ1) is 15.9. The van der Waals surface area contributed by atoms with E-state index in [0.29, 0.717) is 13.1 Å². The fourth-order valence-electron chi connectivity index (χ4n) is 3.24. The van der Waals surface area contributed by atoms with Crippen LogP contribution in [0.2, 0.25) is 0 Å². The van der Waals surface area contributed by atoms with E-state index in [9.17, 15) is 22.8 Å². The summed E-state index contributed by atoms with van der Waals surface area (Å²) in [6, 6.07) is 3.44. The van der Waals surface area contributed by atoms with Crippen LogP contribution in [-0.2, 0) is 29.1 Å². The van der Waals surface area contributed by atoms with Crippen molar-refractivity contribution >= 4 is 33.5 Å². The van der Waals surface area contributed by atoms with Crippen LogP contribution in [0.1, 0.15) is 53.9 Å². The van der Waals surface area contributed by atoms with Gasteiger partial charge in [-0.3, -0.25) is 9.59 Å². The van der Waals surface area contributed by atoms with E-state index < -0.39 is 40.0 Å². The van der Waals surface area contributed by atoms with E-state index in [0.717, 1.165) is 19.3 Å². The standard InChI is InChI=1S/C23H35N3O7S/c1-6-32-18-11-10-17(14-19(18)34(30,31)26-12-8-7-9-13-26)25-20(27)15-33-21(28)16(2)24-22(29)23(3,4)5/h10-11,14,16H,6-9,12-13,15H2,1-5H3,(H,24,29)(H,25,27). The summed E-state index contributed by atoms with van der Waals surface area (Å²) in [5.74, 6) is -1.51. The largest absolute Gasteiger partial charge is 0.492 e. The number of carbonyl (C=O) groups excluding carboxylic acids is 3. The molecule has 1 aromatic rings. The number of anilines is 1. The molecule has 0 spiro atoms. The highest BCUT2D eigenvalue weighted by Crippen LogP contribution is 2.31. The average molecular weight is 498 g/mol. The van der Waals surface area contributed by atoms with Crippen molar-refractivity contribution in [1.82, 2.24) is 9.62 Å². The minimum atomic E-state index is -3.80. The summed E-state index contributed by atoms with van der Waals surface area (Å²) in [5, 5.41) is 5.08. The fraction of sp³-hybridized carbons (Fsp3) is 0.609. The van der Waals surface area contributed by atoms with Crippen LogP contribution in [0.25, 0.3) is 0 Å². The molecule has 2 amide bonds. The number of rotatable bonds is 9. The van der Waals surface area contributed by atoms with Crippen LogP contribution in [0.4, 0.5) is 5.69 Å². The van der Waals surface area contributed by atoms with Crippen LogP contribution < -0.4 is 15.4 Å². The van der Waals surface area contributed by atoms with Crippen molar-refractivity contribution in [3.05, 3.63) is 18.2 Å². The number of hydrogen-bond donors (Lipinski definition) is 2. The summed E-state index contributed by atoms with van der Waals surface area (Å²) in [6.45, 7) is 8.93. The molecule has 1 heterocycles. The van der Waals surface area contributed by atoms with Gasteiger partial charge in [0.25, 0.3) is 5.91 Å². The zero-order valence-electron chi connectivity index (χ0n) is 20.5. The van der Waals surface area contributed by atoms with Crippen LogP contribution in [0.3, 0.4) is 0 Å². The van der Waals surface area contributed by atoms with Crippen LogP contribution in [0.15, 0.2) is 23.1 Å². The maximum absolute atomic E-state index is 13.2. The number of ether oxygens (including phenoxy) is 2. The molecular formula is C23H35N3O7S. The van der Waals surface area contributed by atoms with E-state index in [1.54, 1.807) is 27.7 Å². The number of nitrogens with one attached hydrogen (secondary N) is 2. The topological polar surface area (TPSA) is 131 Å². The van der Waals surface area contributed by atoms with E-state index in [2.05, 4.69) is 10.6 Å². The molecule has 1 fully saturated rings. The summed E-state index contributed by atoms with van der Waals surface area (Å²) in [6.07, 6.45) is 2.57. The molecule has 0 aliphatic carbocycles. The van der Waals surface area contributed by atoms with Gasteiger partial charge in [-0.1, -0.05) is 27.2 Å². The molecule has 1 unspecified atom stereocenters. The zero-order chi connectivity index (χ0) is 25.5. The molecule has 0 bridgehead atoms. The first kappa shape index (κ1) is 27.6. The van der Waals surface area contributed by atoms with Gasteiger partial charge in [-0.25, -0.2) is 13.2 Å². The maximum atomic E-state index is 13.2. The van der Waals surface area contributed by atoms with E-state index in [4.69, 9.17) is 9.47 Å². The van der Waals surface area contributed by atoms with Crippen LogP contribution in [0.5, 0.6) is 5.75 Å². The first-order valence-electron chi connectivity index (χ1n) is 11.4. The molecule has 10 nitrogen and oxygen atoms in total. The van der Waals surface area contributed by atoms with Gasteiger partial charge >= 0.3 is 5.97 Å². The number of esters is 1. The predicted octanol–water partition coefficient (Wildman–Crippen LogP) is 2.29. The summed E-state index contributed by atoms with van der Waals surface area (Å²) in [5.41, 5.74) is -0.444. The summed E-state index contributed by atoms with van der Waals surface area (Å²) in [7, 11) is -3.80. The third-order valence-electron chi connectivity index (χ3n) is 5.19. The lowest BCUT2D eigenvalue weighted by Gasteiger charge is -2.27. The van der Waals surface area contributed by atoms with Crippen LogP contribution >= 0.6 is 0 Å². The van der Waals surface area contributed by atoms with E-state index in [1.165, 1.54) is 29.4 Å². The second-order valence-electron chi connectivity index (χ2n) is 9.16. The Kier molecular flexibility index (Phi) is 9.45. The van der Waals surface area contributed by atoms with Gasteiger partial charge in [-0.05, 0) is 44.9 Å². The Morgan fingerprint density at radius 2 is 1.76 bits per heavy atom. The SMILES string of the molecule is CCOc1ccc(NC(=O)COC(=O)C(C)NC(=O)C(C)(C)C)cc1S(=O)(=O)N1CCCCC1. The Morgan fingerprint density at radius 3 is 2.35 bits per heavy atom. The quantitative estimate of drug-likeness (QED) is 0.501. The normalized spacial score (nSPS) is 15.8. The highest BCUT2D eigenvalue weighted by Gasteiger charge is 2.30. The average Bonchev–Trinajstić information content (AvgIpc) is 2.78. The minimum Gasteiger partial charge on any atom is -0.492 e. The van der Waals surface area contributed by atoms with Gasteiger partial charge in [0.1, 0.15) is 16.7 Å². The molecule has 1 atom stereocenters. The third-order valence-corrected chi connectivity index (χ3v) is 7.11. The van der Waals surface area contributed by atoms with Crippen LogP contribution in [0, 0.1) is 5.41 Å². The van der Waals surface area contributed by atoms with Crippen molar-refractivity contribution in [1.29, 1.82) is 0 Å². The van der Waals surface area contributed by atoms with Gasteiger partial charge in [-0.15, -0.1) is 0 Å². The maximum Gasteiger partial charge on any atom is 0.328 e. The Balaban J connectivity index is 2.06. The Hall–Kier alpha value is -2.66. The number of nitrogens with zero attached hydrogens (tertiary/aromatic N) is 1. The molecule has 1 aliphatic rings. The molecule has 2 rings (SSSR count). The number of carbonyl (C=O) groups is 3. The van der Waals surface area contributed by atoms with Crippen molar-refractivity contribution in [2.24, 2.45) is 5.41 Å². The van der Waals surface area contributed by atoms with Crippen molar-refractivity contribution in [3.63, 3.8) is 0 Å². The zero-order valence-corrected chi connectivity index (χ0v) is 21.3. The van der Waals surface area contributed by atoms with E-state index in [-0.39, 0.29) is 28.8 Å². The van der Waals surface area contributed by atoms with Gasteiger partial charge in [0.15, 0.2) is 6.61 Å². The lowest BCUT2D eigenvalue weighted by Crippen LogP contribution is -2.45. The van der Waals surface area contributed by atoms with Gasteiger partial charge in [-0.2, -0.15) is 4.31 Å². The predicted molar refractivity (Wildman–Crippen MR) is 127 cm³/mol. The van der Waals surface area contributed by atoms with Crippen molar-refractivity contribution < 1.29 is 32.3 Å². The minimum absolute atomic E-state index is 0.0236. The number of amides is 2. The highest BCUT2D eigenvalue weighted by molar-refractivity contribution is 7.89. The van der Waals surface area contributed by atoms with E-state index >= 15 is 0 Å². The molecule has 1 aliphatic heterocycles. The highest BCUT2D eigenvalue weighted by atomic mass is 32.2. The number of benzene rings is 1. The molecule has 0 aromatic heterocycles. The third kappa shape index (κ3) is 7.42. The fourth-order valence-corrected chi connectivity index (χ4v) is 4.91. The second-order valence-corrected chi connectivity index (χ2v) is 11.1.